The summed E-state index contributed by atoms with van der Waals surface area (Å²) in [5, 5.41) is 4.17. The van der Waals surface area contributed by atoms with Crippen LogP contribution in [0.25, 0.3) is 11.3 Å². The lowest BCUT2D eigenvalue weighted by atomic mass is 10.1. The van der Waals surface area contributed by atoms with E-state index < -0.39 is 0 Å². The number of aromatic nitrogens is 1. The zero-order valence-electron chi connectivity index (χ0n) is 10.6. The topological polar surface area (TPSA) is 24.9 Å². The lowest BCUT2D eigenvalue weighted by molar-refractivity contribution is 0.555. The third-order valence-electron chi connectivity index (χ3n) is 2.53. The van der Waals surface area contributed by atoms with Crippen molar-refractivity contribution in [3.63, 3.8) is 0 Å². The molecule has 0 saturated heterocycles. The van der Waals surface area contributed by atoms with Crippen molar-refractivity contribution >= 4 is 23.1 Å². The van der Waals surface area contributed by atoms with Gasteiger partial charge in [0.25, 0.3) is 0 Å². The number of nitrogens with zero attached hydrogens (tertiary/aromatic N) is 1. The number of hydrogen-bond donors (Lipinski definition) is 1. The SMILES string of the molecule is CC(C)CNCc1cc(-c2cccc(Cl)c2)ns1. The predicted molar refractivity (Wildman–Crippen MR) is 79.1 cm³/mol. The van der Waals surface area contributed by atoms with Gasteiger partial charge in [0.2, 0.25) is 0 Å². The van der Waals surface area contributed by atoms with E-state index in [1.54, 1.807) is 11.5 Å². The first-order valence-corrected chi connectivity index (χ1v) is 7.22. The number of halogens is 1. The van der Waals surface area contributed by atoms with E-state index in [9.17, 15) is 0 Å². The molecular formula is C14H17ClN2S. The van der Waals surface area contributed by atoms with Crippen molar-refractivity contribution in [2.45, 2.75) is 20.4 Å². The summed E-state index contributed by atoms with van der Waals surface area (Å²) in [4.78, 5) is 1.26. The smallest absolute Gasteiger partial charge is 0.0844 e. The van der Waals surface area contributed by atoms with Crippen molar-refractivity contribution in [2.75, 3.05) is 6.54 Å². The van der Waals surface area contributed by atoms with Gasteiger partial charge in [0, 0.05) is 22.0 Å². The molecule has 0 saturated carbocycles. The molecule has 2 nitrogen and oxygen atoms in total. The molecule has 0 amide bonds. The second-order valence-electron chi connectivity index (χ2n) is 4.71. The molecule has 4 heteroatoms. The van der Waals surface area contributed by atoms with Crippen molar-refractivity contribution in [3.05, 3.63) is 40.2 Å². The third-order valence-corrected chi connectivity index (χ3v) is 3.55. The Morgan fingerprint density at radius 3 is 2.89 bits per heavy atom. The molecule has 0 fully saturated rings. The van der Waals surface area contributed by atoms with E-state index in [0.717, 1.165) is 29.4 Å². The maximum atomic E-state index is 5.98. The molecule has 18 heavy (non-hydrogen) atoms. The summed E-state index contributed by atoms with van der Waals surface area (Å²) in [6.07, 6.45) is 0. The van der Waals surface area contributed by atoms with E-state index in [2.05, 4.69) is 29.6 Å². The van der Waals surface area contributed by atoms with E-state index in [0.29, 0.717) is 5.92 Å². The van der Waals surface area contributed by atoms with Crippen molar-refractivity contribution in [1.82, 2.24) is 9.69 Å². The van der Waals surface area contributed by atoms with Gasteiger partial charge in [0.05, 0.1) is 5.69 Å². The standard InChI is InChI=1S/C14H17ClN2S/c1-10(2)8-16-9-13-7-14(17-18-13)11-4-3-5-12(15)6-11/h3-7,10,16H,8-9H2,1-2H3. The molecule has 2 rings (SSSR count). The summed E-state index contributed by atoms with van der Waals surface area (Å²) in [7, 11) is 0. The molecule has 0 spiro atoms. The summed E-state index contributed by atoms with van der Waals surface area (Å²) in [6.45, 7) is 6.33. The molecule has 0 unspecified atom stereocenters. The first-order chi connectivity index (χ1) is 8.65. The van der Waals surface area contributed by atoms with Gasteiger partial charge in [-0.25, -0.2) is 0 Å². The molecule has 0 bridgehead atoms. The fourth-order valence-electron chi connectivity index (χ4n) is 1.66. The fraction of sp³-hybridized carbons (Fsp3) is 0.357. The van der Waals surface area contributed by atoms with Crippen LogP contribution in [0, 0.1) is 5.92 Å². The van der Waals surface area contributed by atoms with Crippen LogP contribution < -0.4 is 5.32 Å². The van der Waals surface area contributed by atoms with Crippen molar-refractivity contribution < 1.29 is 0 Å². The number of benzene rings is 1. The van der Waals surface area contributed by atoms with E-state index in [-0.39, 0.29) is 0 Å². The van der Waals surface area contributed by atoms with Crippen LogP contribution in [0.3, 0.4) is 0 Å². The molecule has 0 aliphatic heterocycles. The second kappa shape index (κ2) is 6.32. The van der Waals surface area contributed by atoms with E-state index in [4.69, 9.17) is 11.6 Å². The molecule has 1 N–H and O–H groups in total. The van der Waals surface area contributed by atoms with Gasteiger partial charge < -0.3 is 5.32 Å². The van der Waals surface area contributed by atoms with E-state index in [1.165, 1.54) is 4.88 Å². The lowest BCUT2D eigenvalue weighted by Gasteiger charge is -2.04. The molecule has 1 heterocycles. The van der Waals surface area contributed by atoms with Crippen LogP contribution in [-0.2, 0) is 6.54 Å². The van der Waals surface area contributed by atoms with Crippen LogP contribution >= 0.6 is 23.1 Å². The average Bonchev–Trinajstić information content (AvgIpc) is 2.77. The van der Waals surface area contributed by atoms with Crippen molar-refractivity contribution in [2.24, 2.45) is 5.92 Å². The highest BCUT2D eigenvalue weighted by Crippen LogP contribution is 2.24. The molecule has 0 aliphatic carbocycles. The second-order valence-corrected chi connectivity index (χ2v) is 6.04. The molecule has 0 radical (unpaired) electrons. The summed E-state index contributed by atoms with van der Waals surface area (Å²) in [5.74, 6) is 0.672. The first kappa shape index (κ1) is 13.5. The zero-order chi connectivity index (χ0) is 13.0. The minimum Gasteiger partial charge on any atom is -0.312 e. The monoisotopic (exact) mass is 280 g/mol. The maximum Gasteiger partial charge on any atom is 0.0844 e. The molecule has 1 aromatic heterocycles. The Morgan fingerprint density at radius 1 is 1.33 bits per heavy atom. The van der Waals surface area contributed by atoms with Crippen molar-refractivity contribution in [3.8, 4) is 11.3 Å². The molecule has 1 aromatic carbocycles. The Hall–Kier alpha value is -0.900. The Bertz CT molecular complexity index is 508. The first-order valence-electron chi connectivity index (χ1n) is 6.07. The van der Waals surface area contributed by atoms with Crippen LogP contribution in [-0.4, -0.2) is 10.9 Å². The minimum absolute atomic E-state index is 0.672. The highest BCUT2D eigenvalue weighted by Gasteiger charge is 2.05. The fourth-order valence-corrected chi connectivity index (χ4v) is 2.56. The van der Waals surface area contributed by atoms with Crippen LogP contribution in [0.5, 0.6) is 0 Å². The van der Waals surface area contributed by atoms with Gasteiger partial charge in [-0.1, -0.05) is 37.6 Å². The van der Waals surface area contributed by atoms with Crippen LogP contribution in [0.15, 0.2) is 30.3 Å². The Morgan fingerprint density at radius 2 is 2.17 bits per heavy atom. The van der Waals surface area contributed by atoms with E-state index in [1.807, 2.05) is 24.3 Å². The third kappa shape index (κ3) is 3.80. The molecular weight excluding hydrogens is 264 g/mol. The van der Waals surface area contributed by atoms with Crippen LogP contribution in [0.4, 0.5) is 0 Å². The lowest BCUT2D eigenvalue weighted by Crippen LogP contribution is -2.18. The van der Waals surface area contributed by atoms with Crippen LogP contribution in [0.2, 0.25) is 5.02 Å². The van der Waals surface area contributed by atoms with Gasteiger partial charge in [-0.05, 0) is 42.2 Å². The molecule has 0 atom stereocenters. The van der Waals surface area contributed by atoms with Gasteiger partial charge in [-0.15, -0.1) is 0 Å². The zero-order valence-corrected chi connectivity index (χ0v) is 12.2. The minimum atomic E-state index is 0.672. The summed E-state index contributed by atoms with van der Waals surface area (Å²) in [6, 6.07) is 9.94. The quantitative estimate of drug-likeness (QED) is 0.887. The number of hydrogen-bond acceptors (Lipinski definition) is 3. The maximum absolute atomic E-state index is 5.98. The average molecular weight is 281 g/mol. The largest absolute Gasteiger partial charge is 0.312 e. The number of nitrogens with one attached hydrogen (secondary N) is 1. The Labute approximate surface area is 117 Å². The Balaban J connectivity index is 2.02. The summed E-state index contributed by atoms with van der Waals surface area (Å²) in [5.41, 5.74) is 2.08. The molecule has 96 valence electrons. The van der Waals surface area contributed by atoms with Gasteiger partial charge in [-0.2, -0.15) is 4.37 Å². The van der Waals surface area contributed by atoms with E-state index >= 15 is 0 Å². The van der Waals surface area contributed by atoms with Crippen LogP contribution in [0.1, 0.15) is 18.7 Å². The van der Waals surface area contributed by atoms with Crippen molar-refractivity contribution in [1.29, 1.82) is 0 Å². The van der Waals surface area contributed by atoms with Gasteiger partial charge in [-0.3, -0.25) is 0 Å². The highest BCUT2D eigenvalue weighted by atomic mass is 35.5. The summed E-state index contributed by atoms with van der Waals surface area (Å²) < 4.78 is 4.47. The van der Waals surface area contributed by atoms with Gasteiger partial charge in [0.15, 0.2) is 0 Å². The predicted octanol–water partition coefficient (Wildman–Crippen LogP) is 4.21. The molecule has 0 aliphatic rings. The Kier molecular flexibility index (Phi) is 4.75. The van der Waals surface area contributed by atoms with Gasteiger partial charge in [0.1, 0.15) is 0 Å². The summed E-state index contributed by atoms with van der Waals surface area (Å²) >= 11 is 7.53. The highest BCUT2D eigenvalue weighted by molar-refractivity contribution is 7.06. The van der Waals surface area contributed by atoms with Gasteiger partial charge >= 0.3 is 0 Å². The normalized spacial score (nSPS) is 11.1. The number of rotatable bonds is 5. The molecule has 2 aromatic rings.